The largest absolute Gasteiger partial charge is 0.454 e. The Kier molecular flexibility index (Phi) is 3.28. The summed E-state index contributed by atoms with van der Waals surface area (Å²) in [6.45, 7) is 0.234. The number of fused-ring (bicyclic) bond motifs is 2. The van der Waals surface area contributed by atoms with Crippen molar-refractivity contribution in [2.75, 3.05) is 6.79 Å². The number of nitrogens with zero attached hydrogens (tertiary/aromatic N) is 2. The van der Waals surface area contributed by atoms with E-state index in [0.717, 1.165) is 21.5 Å². The molecule has 1 aliphatic heterocycles. The molecule has 4 aromatic rings. The molecule has 0 radical (unpaired) electrons. The normalized spacial score (nSPS) is 12.5. The number of aromatic nitrogens is 2. The smallest absolute Gasteiger partial charge is 0.231 e. The van der Waals surface area contributed by atoms with E-state index in [1.165, 1.54) is 0 Å². The molecule has 2 aromatic carbocycles. The van der Waals surface area contributed by atoms with Gasteiger partial charge in [-0.2, -0.15) is 4.98 Å². The average Bonchev–Trinajstić information content (AvgIpc) is 3.33. The summed E-state index contributed by atoms with van der Waals surface area (Å²) >= 11 is 1.60. The van der Waals surface area contributed by atoms with Crippen molar-refractivity contribution in [3.05, 3.63) is 60.0 Å². The lowest BCUT2D eigenvalue weighted by Crippen LogP contribution is -1.95. The molecule has 1 aliphatic rings. The molecule has 0 spiro atoms. The molecule has 3 heterocycles. The maximum atomic E-state index is 6.07. The minimum atomic E-state index is 0.234. The number of thiophene rings is 1. The summed E-state index contributed by atoms with van der Waals surface area (Å²) in [7, 11) is 0. The number of hydrogen-bond acceptors (Lipinski definition) is 6. The molecular weight excluding hydrogens is 336 g/mol. The van der Waals surface area contributed by atoms with Gasteiger partial charge in [-0.15, -0.1) is 11.3 Å². The van der Waals surface area contributed by atoms with Crippen LogP contribution in [-0.2, 0) is 0 Å². The van der Waals surface area contributed by atoms with Crippen molar-refractivity contribution < 1.29 is 14.2 Å². The zero-order valence-corrected chi connectivity index (χ0v) is 13.8. The van der Waals surface area contributed by atoms with Crippen LogP contribution in [-0.4, -0.2) is 16.8 Å². The van der Waals surface area contributed by atoms with Crippen LogP contribution in [0, 0.1) is 0 Å². The second-order valence-electron chi connectivity index (χ2n) is 5.46. The Morgan fingerprint density at radius 2 is 1.84 bits per heavy atom. The van der Waals surface area contributed by atoms with Crippen LogP contribution in [0.25, 0.3) is 21.6 Å². The Labute approximate surface area is 147 Å². The van der Waals surface area contributed by atoms with Crippen LogP contribution in [0.1, 0.15) is 0 Å². The highest BCUT2D eigenvalue weighted by Crippen LogP contribution is 2.38. The molecule has 6 heteroatoms. The minimum Gasteiger partial charge on any atom is -0.454 e. The van der Waals surface area contributed by atoms with E-state index >= 15 is 0 Å². The van der Waals surface area contributed by atoms with Crippen LogP contribution in [0.2, 0.25) is 0 Å². The van der Waals surface area contributed by atoms with Crippen molar-refractivity contribution >= 4 is 22.2 Å². The molecule has 0 saturated carbocycles. The first-order chi connectivity index (χ1) is 12.4. The monoisotopic (exact) mass is 348 g/mol. The van der Waals surface area contributed by atoms with Gasteiger partial charge in [0.25, 0.3) is 0 Å². The van der Waals surface area contributed by atoms with Crippen LogP contribution in [0.4, 0.5) is 0 Å². The predicted molar refractivity (Wildman–Crippen MR) is 95.5 cm³/mol. The van der Waals surface area contributed by atoms with Crippen molar-refractivity contribution in [3.8, 4) is 33.8 Å². The number of rotatable bonds is 3. The summed E-state index contributed by atoms with van der Waals surface area (Å²) in [5.74, 6) is 3.22. The highest BCUT2D eigenvalue weighted by atomic mass is 32.1. The SMILES string of the molecule is c1csc(-c2nc(Oc3ccc4c(c3)OCO4)c3ccccc3n2)c1. The topological polar surface area (TPSA) is 53.5 Å². The van der Waals surface area contributed by atoms with E-state index in [9.17, 15) is 0 Å². The second kappa shape index (κ2) is 5.75. The van der Waals surface area contributed by atoms with Gasteiger partial charge in [0.15, 0.2) is 17.3 Å². The van der Waals surface area contributed by atoms with Crippen LogP contribution < -0.4 is 14.2 Å². The summed E-state index contributed by atoms with van der Waals surface area (Å²) in [6.07, 6.45) is 0. The fraction of sp³-hybridized carbons (Fsp3) is 0.0526. The zero-order valence-electron chi connectivity index (χ0n) is 13.0. The van der Waals surface area contributed by atoms with Gasteiger partial charge in [0.1, 0.15) is 5.75 Å². The molecular formula is C19H12N2O3S. The number of benzene rings is 2. The molecule has 5 nitrogen and oxygen atoms in total. The molecule has 0 aliphatic carbocycles. The predicted octanol–water partition coefficient (Wildman–Crippen LogP) is 4.88. The van der Waals surface area contributed by atoms with E-state index in [2.05, 4.69) is 9.97 Å². The standard InChI is InChI=1S/C19H12N2O3S/c1-2-5-14-13(4-1)19(21-18(20-14)17-6-3-9-25-17)24-12-7-8-15-16(10-12)23-11-22-15/h1-10H,11H2. The summed E-state index contributed by atoms with van der Waals surface area (Å²) in [4.78, 5) is 10.3. The lowest BCUT2D eigenvalue weighted by atomic mass is 10.2. The Balaban J connectivity index is 1.62. The van der Waals surface area contributed by atoms with Gasteiger partial charge < -0.3 is 14.2 Å². The molecule has 0 saturated heterocycles. The lowest BCUT2D eigenvalue weighted by Gasteiger charge is -2.10. The quantitative estimate of drug-likeness (QED) is 0.528. The van der Waals surface area contributed by atoms with E-state index < -0.39 is 0 Å². The third-order valence-electron chi connectivity index (χ3n) is 3.87. The van der Waals surface area contributed by atoms with E-state index in [4.69, 9.17) is 14.2 Å². The van der Waals surface area contributed by atoms with Gasteiger partial charge in [0, 0.05) is 6.07 Å². The van der Waals surface area contributed by atoms with E-state index in [-0.39, 0.29) is 6.79 Å². The van der Waals surface area contributed by atoms with Crippen LogP contribution in [0.15, 0.2) is 60.0 Å². The van der Waals surface area contributed by atoms with Crippen molar-refractivity contribution in [2.24, 2.45) is 0 Å². The van der Waals surface area contributed by atoms with Gasteiger partial charge in [-0.05, 0) is 35.7 Å². The number of hydrogen-bond donors (Lipinski definition) is 0. The summed E-state index contributed by atoms with van der Waals surface area (Å²) in [5, 5.41) is 2.87. The average molecular weight is 348 g/mol. The van der Waals surface area contributed by atoms with Crippen molar-refractivity contribution in [3.63, 3.8) is 0 Å². The Morgan fingerprint density at radius 1 is 0.920 bits per heavy atom. The number of para-hydroxylation sites is 1. The van der Waals surface area contributed by atoms with Crippen molar-refractivity contribution in [1.82, 2.24) is 9.97 Å². The number of ether oxygens (including phenoxy) is 3. The molecule has 0 unspecified atom stereocenters. The third-order valence-corrected chi connectivity index (χ3v) is 4.73. The van der Waals surface area contributed by atoms with Gasteiger partial charge in [-0.1, -0.05) is 18.2 Å². The fourth-order valence-corrected chi connectivity index (χ4v) is 3.35. The molecule has 0 fully saturated rings. The van der Waals surface area contributed by atoms with Gasteiger partial charge >= 0.3 is 0 Å². The first-order valence-corrected chi connectivity index (χ1v) is 8.63. The molecule has 0 atom stereocenters. The Hall–Kier alpha value is -3.12. The molecule has 122 valence electrons. The molecule has 25 heavy (non-hydrogen) atoms. The maximum Gasteiger partial charge on any atom is 0.231 e. The Bertz CT molecular complexity index is 1060. The highest BCUT2D eigenvalue weighted by molar-refractivity contribution is 7.13. The fourth-order valence-electron chi connectivity index (χ4n) is 2.69. The van der Waals surface area contributed by atoms with Gasteiger partial charge in [-0.25, -0.2) is 4.98 Å². The maximum absolute atomic E-state index is 6.07. The second-order valence-corrected chi connectivity index (χ2v) is 6.41. The summed E-state index contributed by atoms with van der Waals surface area (Å²) < 4.78 is 16.8. The molecule has 0 N–H and O–H groups in total. The van der Waals surface area contributed by atoms with Gasteiger partial charge in [0.05, 0.1) is 15.8 Å². The van der Waals surface area contributed by atoms with Crippen LogP contribution >= 0.6 is 11.3 Å². The molecule has 2 aromatic heterocycles. The summed E-state index contributed by atoms with van der Waals surface area (Å²) in [6, 6.07) is 17.3. The first kappa shape index (κ1) is 14.2. The van der Waals surface area contributed by atoms with Gasteiger partial charge in [-0.3, -0.25) is 0 Å². The van der Waals surface area contributed by atoms with Gasteiger partial charge in [0.2, 0.25) is 12.7 Å². The van der Waals surface area contributed by atoms with Crippen LogP contribution in [0.3, 0.4) is 0 Å². The molecule has 0 bridgehead atoms. The first-order valence-electron chi connectivity index (χ1n) is 7.75. The molecule has 0 amide bonds. The minimum absolute atomic E-state index is 0.234. The zero-order chi connectivity index (χ0) is 16.6. The lowest BCUT2D eigenvalue weighted by molar-refractivity contribution is 0.174. The third kappa shape index (κ3) is 2.56. The van der Waals surface area contributed by atoms with E-state index in [1.54, 1.807) is 11.3 Å². The molecule has 5 rings (SSSR count). The van der Waals surface area contributed by atoms with Crippen molar-refractivity contribution in [2.45, 2.75) is 0 Å². The Morgan fingerprint density at radius 3 is 2.76 bits per heavy atom. The highest BCUT2D eigenvalue weighted by Gasteiger charge is 2.16. The van der Waals surface area contributed by atoms with E-state index in [1.807, 2.05) is 60.0 Å². The van der Waals surface area contributed by atoms with Crippen LogP contribution in [0.5, 0.6) is 23.1 Å². The van der Waals surface area contributed by atoms with E-state index in [0.29, 0.717) is 23.2 Å². The summed E-state index contributed by atoms with van der Waals surface area (Å²) in [5.41, 5.74) is 0.844. The van der Waals surface area contributed by atoms with Crippen molar-refractivity contribution in [1.29, 1.82) is 0 Å².